The second-order valence-electron chi connectivity index (χ2n) is 8.48. The minimum atomic E-state index is -4.00. The van der Waals surface area contributed by atoms with E-state index in [0.29, 0.717) is 6.54 Å². The van der Waals surface area contributed by atoms with E-state index in [1.54, 1.807) is 17.0 Å². The number of likely N-dealkylation sites (tertiary alicyclic amines) is 1. The number of aryl methyl sites for hydroxylation is 2. The highest BCUT2D eigenvalue weighted by Gasteiger charge is 2.44. The molecule has 0 spiro atoms. The van der Waals surface area contributed by atoms with Gasteiger partial charge in [-0.25, -0.2) is 8.42 Å². The van der Waals surface area contributed by atoms with Crippen molar-refractivity contribution < 1.29 is 27.9 Å². The molecule has 31 heavy (non-hydrogen) atoms. The predicted molar refractivity (Wildman–Crippen MR) is 115 cm³/mol. The molecule has 2 saturated heterocycles. The molecule has 0 bridgehead atoms. The fourth-order valence-electron chi connectivity index (χ4n) is 4.34. The molecule has 0 saturated carbocycles. The Morgan fingerprint density at radius 3 is 2.61 bits per heavy atom. The number of nitrogens with zero attached hydrogens (tertiary/aromatic N) is 2. The first-order valence-electron chi connectivity index (χ1n) is 10.9. The normalized spacial score (nSPS) is 24.9. The van der Waals surface area contributed by atoms with Gasteiger partial charge in [0.05, 0.1) is 11.0 Å². The molecule has 2 fully saturated rings. The van der Waals surface area contributed by atoms with Crippen LogP contribution in [-0.4, -0.2) is 72.5 Å². The van der Waals surface area contributed by atoms with Gasteiger partial charge >= 0.3 is 5.97 Å². The van der Waals surface area contributed by atoms with Gasteiger partial charge in [-0.2, -0.15) is 4.31 Å². The number of piperidine rings is 1. The molecule has 9 heteroatoms. The lowest BCUT2D eigenvalue weighted by molar-refractivity contribution is -0.156. The zero-order chi connectivity index (χ0) is 22.8. The quantitative estimate of drug-likeness (QED) is 0.660. The van der Waals surface area contributed by atoms with Gasteiger partial charge in [0, 0.05) is 25.6 Å². The van der Waals surface area contributed by atoms with Gasteiger partial charge in [-0.3, -0.25) is 9.59 Å². The van der Waals surface area contributed by atoms with Crippen LogP contribution in [0.1, 0.15) is 50.2 Å². The molecule has 3 rings (SSSR count). The predicted octanol–water partition coefficient (Wildman–Crippen LogP) is 1.76. The summed E-state index contributed by atoms with van der Waals surface area (Å²) in [6.07, 6.45) is 2.75. The molecular weight excluding hydrogens is 420 g/mol. The van der Waals surface area contributed by atoms with Gasteiger partial charge < -0.3 is 14.7 Å². The Balaban J connectivity index is 1.70. The van der Waals surface area contributed by atoms with E-state index in [9.17, 15) is 23.1 Å². The van der Waals surface area contributed by atoms with Gasteiger partial charge in [-0.15, -0.1) is 0 Å². The van der Waals surface area contributed by atoms with E-state index in [1.807, 2.05) is 20.8 Å². The Bertz CT molecular complexity index is 932. The molecule has 2 heterocycles. The molecule has 0 radical (unpaired) electrons. The molecule has 3 atom stereocenters. The first kappa shape index (κ1) is 23.7. The van der Waals surface area contributed by atoms with Crippen molar-refractivity contribution in [1.29, 1.82) is 0 Å². The third-order valence-electron chi connectivity index (χ3n) is 6.35. The number of rotatable bonds is 6. The number of hydrogen-bond acceptors (Lipinski definition) is 6. The smallest absolute Gasteiger partial charge is 0.325 e. The highest BCUT2D eigenvalue weighted by atomic mass is 32.2. The van der Waals surface area contributed by atoms with Crippen molar-refractivity contribution >= 4 is 21.9 Å². The number of aliphatic hydroxyl groups is 1. The fraction of sp³-hybridized carbons (Fsp3) is 0.636. The first-order chi connectivity index (χ1) is 14.6. The number of benzene rings is 1. The van der Waals surface area contributed by atoms with Crippen LogP contribution in [0.4, 0.5) is 0 Å². The molecule has 1 aromatic carbocycles. The summed E-state index contributed by atoms with van der Waals surface area (Å²) in [7, 11) is -4.00. The van der Waals surface area contributed by atoms with Crippen molar-refractivity contribution in [3.05, 3.63) is 29.3 Å². The van der Waals surface area contributed by atoms with Crippen LogP contribution in [0.2, 0.25) is 0 Å². The average molecular weight is 453 g/mol. The minimum absolute atomic E-state index is 0.0571. The standard InChI is InChI=1S/C22H32N2O6S/c1-4-17-7-5-6-10-23(17)21(26)14-30-22(27)20-12-18(25)13-24(20)31(28,29)19-9-8-15(2)16(3)11-19/h8-9,11,17-18,20,25H,4-7,10,12-14H2,1-3H3/t17?,18?,20-/m0/s1. The number of esters is 1. The second-order valence-corrected chi connectivity index (χ2v) is 10.4. The molecule has 2 unspecified atom stereocenters. The molecule has 8 nitrogen and oxygen atoms in total. The van der Waals surface area contributed by atoms with Crippen molar-refractivity contribution in [2.75, 3.05) is 19.7 Å². The van der Waals surface area contributed by atoms with Crippen LogP contribution in [0.5, 0.6) is 0 Å². The first-order valence-corrected chi connectivity index (χ1v) is 12.3. The van der Waals surface area contributed by atoms with Crippen LogP contribution in [-0.2, 0) is 24.3 Å². The van der Waals surface area contributed by atoms with Gasteiger partial charge in [-0.05, 0) is 62.8 Å². The number of aliphatic hydroxyl groups excluding tert-OH is 1. The summed E-state index contributed by atoms with van der Waals surface area (Å²) in [6.45, 7) is 5.76. The van der Waals surface area contributed by atoms with Crippen molar-refractivity contribution in [3.63, 3.8) is 0 Å². The largest absolute Gasteiger partial charge is 0.454 e. The van der Waals surface area contributed by atoms with E-state index in [-0.39, 0.29) is 29.8 Å². The van der Waals surface area contributed by atoms with E-state index < -0.39 is 34.7 Å². The van der Waals surface area contributed by atoms with Gasteiger partial charge in [0.15, 0.2) is 6.61 Å². The minimum Gasteiger partial charge on any atom is -0.454 e. The summed E-state index contributed by atoms with van der Waals surface area (Å²) in [5.41, 5.74) is 1.77. The lowest BCUT2D eigenvalue weighted by Gasteiger charge is -2.35. The number of amides is 1. The van der Waals surface area contributed by atoms with E-state index in [4.69, 9.17) is 4.74 Å². The molecule has 1 aromatic rings. The third-order valence-corrected chi connectivity index (χ3v) is 8.22. The topological polar surface area (TPSA) is 104 Å². The highest BCUT2D eigenvalue weighted by molar-refractivity contribution is 7.89. The maximum atomic E-state index is 13.2. The van der Waals surface area contributed by atoms with E-state index in [1.165, 1.54) is 6.07 Å². The van der Waals surface area contributed by atoms with Crippen LogP contribution in [0.3, 0.4) is 0 Å². The number of β-amino-alcohol motifs (C(OH)–C–C–N with tert-alkyl or cyclic N) is 1. The van der Waals surface area contributed by atoms with Crippen molar-refractivity contribution in [2.45, 2.75) is 76.0 Å². The van der Waals surface area contributed by atoms with Crippen molar-refractivity contribution in [1.82, 2.24) is 9.21 Å². The monoisotopic (exact) mass is 452 g/mol. The Morgan fingerprint density at radius 2 is 1.94 bits per heavy atom. The lowest BCUT2D eigenvalue weighted by atomic mass is 10.00. The fourth-order valence-corrected chi connectivity index (χ4v) is 6.05. The summed E-state index contributed by atoms with van der Waals surface area (Å²) in [6, 6.07) is 3.76. The summed E-state index contributed by atoms with van der Waals surface area (Å²) < 4.78 is 32.5. The van der Waals surface area contributed by atoms with Crippen molar-refractivity contribution in [3.8, 4) is 0 Å². The van der Waals surface area contributed by atoms with Crippen LogP contribution >= 0.6 is 0 Å². The number of carbonyl (C=O) groups is 2. The van der Waals surface area contributed by atoms with Gasteiger partial charge in [-0.1, -0.05) is 13.0 Å². The Kier molecular flexibility index (Phi) is 7.39. The molecule has 1 N–H and O–H groups in total. The molecular formula is C22H32N2O6S. The van der Waals surface area contributed by atoms with E-state index in [2.05, 4.69) is 0 Å². The summed E-state index contributed by atoms with van der Waals surface area (Å²) in [5.74, 6) is -1.07. The maximum absolute atomic E-state index is 13.2. The average Bonchev–Trinajstić information content (AvgIpc) is 3.16. The summed E-state index contributed by atoms with van der Waals surface area (Å²) in [5, 5.41) is 10.1. The number of sulfonamides is 1. The molecule has 0 aromatic heterocycles. The van der Waals surface area contributed by atoms with Gasteiger partial charge in [0.2, 0.25) is 10.0 Å². The van der Waals surface area contributed by atoms with E-state index >= 15 is 0 Å². The van der Waals surface area contributed by atoms with Crippen LogP contribution in [0.25, 0.3) is 0 Å². The SMILES string of the molecule is CCC1CCCCN1C(=O)COC(=O)[C@@H]1CC(O)CN1S(=O)(=O)c1ccc(C)c(C)c1. The molecule has 172 valence electrons. The van der Waals surface area contributed by atoms with Crippen LogP contribution < -0.4 is 0 Å². The number of hydrogen-bond donors (Lipinski definition) is 1. The Morgan fingerprint density at radius 1 is 1.19 bits per heavy atom. The molecule has 1 amide bonds. The number of ether oxygens (including phenoxy) is 1. The Labute approximate surface area is 184 Å². The second kappa shape index (κ2) is 9.67. The molecule has 2 aliphatic rings. The zero-order valence-corrected chi connectivity index (χ0v) is 19.2. The van der Waals surface area contributed by atoms with Crippen LogP contribution in [0.15, 0.2) is 23.1 Å². The number of carbonyl (C=O) groups excluding carboxylic acids is 2. The van der Waals surface area contributed by atoms with E-state index in [0.717, 1.165) is 41.1 Å². The van der Waals surface area contributed by atoms with Gasteiger partial charge in [0.1, 0.15) is 6.04 Å². The lowest BCUT2D eigenvalue weighted by Crippen LogP contribution is -2.46. The van der Waals surface area contributed by atoms with Gasteiger partial charge in [0.25, 0.3) is 5.91 Å². The zero-order valence-electron chi connectivity index (χ0n) is 18.4. The highest BCUT2D eigenvalue weighted by Crippen LogP contribution is 2.28. The summed E-state index contributed by atoms with van der Waals surface area (Å²) >= 11 is 0. The molecule has 0 aliphatic carbocycles. The van der Waals surface area contributed by atoms with Crippen molar-refractivity contribution in [2.24, 2.45) is 0 Å². The Hall–Kier alpha value is -1.97. The van der Waals surface area contributed by atoms with Crippen LogP contribution in [0, 0.1) is 13.8 Å². The third kappa shape index (κ3) is 5.10. The molecule has 2 aliphatic heterocycles. The maximum Gasteiger partial charge on any atom is 0.325 e. The summed E-state index contributed by atoms with van der Waals surface area (Å²) in [4.78, 5) is 27.1.